The molecule has 2 amide bonds. The minimum atomic E-state index is -0.0865. The van der Waals surface area contributed by atoms with Gasteiger partial charge in [-0.05, 0) is 55.2 Å². The van der Waals surface area contributed by atoms with E-state index in [9.17, 15) is 9.59 Å². The van der Waals surface area contributed by atoms with Crippen LogP contribution in [0, 0.1) is 0 Å². The lowest BCUT2D eigenvalue weighted by molar-refractivity contribution is -0.142. The molecule has 192 valence electrons. The van der Waals surface area contributed by atoms with E-state index in [1.807, 2.05) is 91.7 Å². The quantitative estimate of drug-likeness (QED) is 0.309. The summed E-state index contributed by atoms with van der Waals surface area (Å²) in [6, 6.07) is 25.5. The molecule has 0 unspecified atom stereocenters. The van der Waals surface area contributed by atoms with Gasteiger partial charge in [0.1, 0.15) is 5.75 Å². The van der Waals surface area contributed by atoms with Crippen molar-refractivity contribution in [3.8, 4) is 5.75 Å². The maximum atomic E-state index is 13.7. The lowest BCUT2D eigenvalue weighted by Crippen LogP contribution is -2.46. The van der Waals surface area contributed by atoms with Crippen molar-refractivity contribution in [3.05, 3.63) is 102 Å². The van der Waals surface area contributed by atoms with E-state index in [0.29, 0.717) is 19.5 Å². The van der Waals surface area contributed by atoms with Crippen LogP contribution in [-0.4, -0.2) is 52.8 Å². The first-order chi connectivity index (χ1) is 17.9. The summed E-state index contributed by atoms with van der Waals surface area (Å²) >= 11 is 0. The number of carbonyl (C=O) groups excluding carboxylic acids is 2. The number of aromatic nitrogens is 1. The van der Waals surface area contributed by atoms with Crippen LogP contribution in [0.2, 0.25) is 0 Å². The Labute approximate surface area is 218 Å². The van der Waals surface area contributed by atoms with Crippen LogP contribution >= 0.6 is 0 Å². The molecule has 0 radical (unpaired) electrons. The van der Waals surface area contributed by atoms with Gasteiger partial charge in [-0.1, -0.05) is 60.7 Å². The Morgan fingerprint density at radius 3 is 2.27 bits per heavy atom. The number of amides is 2. The highest BCUT2D eigenvalue weighted by atomic mass is 16.5. The highest BCUT2D eigenvalue weighted by Gasteiger charge is 2.24. The van der Waals surface area contributed by atoms with Crippen molar-refractivity contribution < 1.29 is 14.3 Å². The van der Waals surface area contributed by atoms with Gasteiger partial charge in [0.15, 0.2) is 0 Å². The van der Waals surface area contributed by atoms with Crippen LogP contribution in [0.3, 0.4) is 0 Å². The molecule has 0 aliphatic rings. The first-order valence-corrected chi connectivity index (χ1v) is 12.7. The number of ether oxygens (including phenoxy) is 1. The van der Waals surface area contributed by atoms with Gasteiger partial charge in [-0.2, -0.15) is 0 Å². The van der Waals surface area contributed by atoms with Crippen LogP contribution in [0.5, 0.6) is 5.75 Å². The molecular formula is C31H35N3O3. The fourth-order valence-corrected chi connectivity index (χ4v) is 4.51. The van der Waals surface area contributed by atoms with E-state index in [1.54, 1.807) is 12.0 Å². The van der Waals surface area contributed by atoms with Crippen LogP contribution in [0.25, 0.3) is 10.9 Å². The molecule has 0 aliphatic heterocycles. The third kappa shape index (κ3) is 6.79. The number of nitrogens with zero attached hydrogens (tertiary/aromatic N) is 2. The Kier molecular flexibility index (Phi) is 8.62. The van der Waals surface area contributed by atoms with Crippen molar-refractivity contribution in [2.75, 3.05) is 20.2 Å². The Morgan fingerprint density at radius 2 is 1.57 bits per heavy atom. The van der Waals surface area contributed by atoms with Crippen LogP contribution in [0.15, 0.2) is 85.1 Å². The molecular weight excluding hydrogens is 462 g/mol. The number of aromatic amines is 1. The van der Waals surface area contributed by atoms with Gasteiger partial charge in [0.05, 0.1) is 20.1 Å². The van der Waals surface area contributed by atoms with E-state index < -0.39 is 0 Å². The van der Waals surface area contributed by atoms with Gasteiger partial charge < -0.3 is 19.5 Å². The summed E-state index contributed by atoms with van der Waals surface area (Å²) in [7, 11) is 1.64. The Bertz CT molecular complexity index is 1310. The molecule has 0 saturated carbocycles. The maximum absolute atomic E-state index is 13.7. The SMILES string of the molecule is COc1ccc(CN(CCc2c[nH]c3ccccc23)C(=O)CN(C(=O)Cc2ccccc2)C(C)C)cc1. The zero-order valence-electron chi connectivity index (χ0n) is 21.8. The number of benzene rings is 3. The largest absolute Gasteiger partial charge is 0.497 e. The summed E-state index contributed by atoms with van der Waals surface area (Å²) in [5, 5.41) is 1.17. The van der Waals surface area contributed by atoms with Gasteiger partial charge in [0, 0.05) is 36.2 Å². The van der Waals surface area contributed by atoms with Gasteiger partial charge in [-0.25, -0.2) is 0 Å². The molecule has 1 aromatic heterocycles. The number of fused-ring (bicyclic) bond motifs is 1. The fraction of sp³-hybridized carbons (Fsp3) is 0.290. The number of H-pyrrole nitrogens is 1. The highest BCUT2D eigenvalue weighted by Crippen LogP contribution is 2.20. The number of para-hydroxylation sites is 1. The van der Waals surface area contributed by atoms with Crippen LogP contribution < -0.4 is 4.74 Å². The molecule has 0 bridgehead atoms. The molecule has 0 atom stereocenters. The molecule has 1 heterocycles. The highest BCUT2D eigenvalue weighted by molar-refractivity contribution is 5.86. The van der Waals surface area contributed by atoms with Crippen molar-refractivity contribution in [2.24, 2.45) is 0 Å². The van der Waals surface area contributed by atoms with Crippen molar-refractivity contribution in [3.63, 3.8) is 0 Å². The molecule has 1 N–H and O–H groups in total. The van der Waals surface area contributed by atoms with E-state index in [4.69, 9.17) is 4.74 Å². The molecule has 6 heteroatoms. The van der Waals surface area contributed by atoms with E-state index in [2.05, 4.69) is 17.1 Å². The minimum absolute atomic E-state index is 0.0458. The predicted molar refractivity (Wildman–Crippen MR) is 147 cm³/mol. The lowest BCUT2D eigenvalue weighted by Gasteiger charge is -2.30. The second-order valence-electron chi connectivity index (χ2n) is 9.55. The molecule has 0 fully saturated rings. The first-order valence-electron chi connectivity index (χ1n) is 12.7. The van der Waals surface area contributed by atoms with Gasteiger partial charge >= 0.3 is 0 Å². The lowest BCUT2D eigenvalue weighted by atomic mass is 10.1. The number of nitrogens with one attached hydrogen (secondary N) is 1. The zero-order chi connectivity index (χ0) is 26.2. The van der Waals surface area contributed by atoms with Gasteiger partial charge in [-0.3, -0.25) is 9.59 Å². The second-order valence-corrected chi connectivity index (χ2v) is 9.55. The van der Waals surface area contributed by atoms with Crippen molar-refractivity contribution in [1.29, 1.82) is 0 Å². The number of carbonyl (C=O) groups is 2. The van der Waals surface area contributed by atoms with Gasteiger partial charge in [-0.15, -0.1) is 0 Å². The normalized spacial score (nSPS) is 11.0. The number of rotatable bonds is 11. The van der Waals surface area contributed by atoms with Crippen molar-refractivity contribution >= 4 is 22.7 Å². The molecule has 4 aromatic rings. The van der Waals surface area contributed by atoms with Crippen LogP contribution in [0.4, 0.5) is 0 Å². The van der Waals surface area contributed by atoms with Gasteiger partial charge in [0.25, 0.3) is 0 Å². The van der Waals surface area contributed by atoms with E-state index >= 15 is 0 Å². The smallest absolute Gasteiger partial charge is 0.242 e. The second kappa shape index (κ2) is 12.3. The summed E-state index contributed by atoms with van der Waals surface area (Å²) in [4.78, 5) is 33.7. The Hall–Kier alpha value is -4.06. The molecule has 37 heavy (non-hydrogen) atoms. The first kappa shape index (κ1) is 26.0. The topological polar surface area (TPSA) is 65.6 Å². The zero-order valence-corrected chi connectivity index (χ0v) is 21.8. The number of methoxy groups -OCH3 is 1. The number of hydrogen-bond donors (Lipinski definition) is 1. The average molecular weight is 498 g/mol. The van der Waals surface area contributed by atoms with Crippen LogP contribution in [-0.2, 0) is 29.0 Å². The van der Waals surface area contributed by atoms with E-state index in [1.165, 1.54) is 10.9 Å². The molecule has 6 nitrogen and oxygen atoms in total. The third-order valence-corrected chi connectivity index (χ3v) is 6.66. The van der Waals surface area contributed by atoms with E-state index in [0.717, 1.165) is 22.4 Å². The summed E-state index contributed by atoms with van der Waals surface area (Å²) in [5.41, 5.74) is 4.21. The summed E-state index contributed by atoms with van der Waals surface area (Å²) in [6.07, 6.45) is 3.01. The monoisotopic (exact) mass is 497 g/mol. The summed E-state index contributed by atoms with van der Waals surface area (Å²) in [6.45, 7) is 4.97. The Morgan fingerprint density at radius 1 is 0.865 bits per heavy atom. The van der Waals surface area contributed by atoms with Crippen molar-refractivity contribution in [2.45, 2.75) is 39.3 Å². The van der Waals surface area contributed by atoms with Crippen LogP contribution in [0.1, 0.15) is 30.5 Å². The molecule has 0 saturated heterocycles. The van der Waals surface area contributed by atoms with Gasteiger partial charge in [0.2, 0.25) is 11.8 Å². The molecule has 0 aliphatic carbocycles. The minimum Gasteiger partial charge on any atom is -0.497 e. The summed E-state index contributed by atoms with van der Waals surface area (Å²) in [5.74, 6) is 0.666. The predicted octanol–water partition coefficient (Wildman–Crippen LogP) is 5.23. The molecule has 3 aromatic carbocycles. The van der Waals surface area contributed by atoms with Crippen molar-refractivity contribution in [1.82, 2.24) is 14.8 Å². The number of hydrogen-bond acceptors (Lipinski definition) is 3. The standard InChI is InChI=1S/C31H35N3O3/c1-23(2)34(30(35)19-24-9-5-4-6-10-24)22-31(36)33(21-25-13-15-27(37-3)16-14-25)18-17-26-20-32-29-12-8-7-11-28(26)29/h4-16,20,23,32H,17-19,21-22H2,1-3H3. The molecule has 0 spiro atoms. The molecule has 4 rings (SSSR count). The maximum Gasteiger partial charge on any atom is 0.242 e. The summed E-state index contributed by atoms with van der Waals surface area (Å²) < 4.78 is 5.28. The third-order valence-electron chi connectivity index (χ3n) is 6.66. The average Bonchev–Trinajstić information content (AvgIpc) is 3.33. The van der Waals surface area contributed by atoms with E-state index in [-0.39, 0.29) is 30.8 Å². The fourth-order valence-electron chi connectivity index (χ4n) is 4.51. The Balaban J connectivity index is 1.51.